The van der Waals surface area contributed by atoms with Gasteiger partial charge in [0.1, 0.15) is 11.6 Å². The van der Waals surface area contributed by atoms with Crippen LogP contribution in [0.5, 0.6) is 5.75 Å². The van der Waals surface area contributed by atoms with Crippen LogP contribution in [-0.2, 0) is 21.3 Å². The van der Waals surface area contributed by atoms with Gasteiger partial charge >= 0.3 is 0 Å². The van der Waals surface area contributed by atoms with Crippen LogP contribution in [0, 0.1) is 11.7 Å². The van der Waals surface area contributed by atoms with Crippen LogP contribution < -0.4 is 9.46 Å². The Morgan fingerprint density at radius 1 is 1.11 bits per heavy atom. The average molecular weight is 657 g/mol. The van der Waals surface area contributed by atoms with Crippen LogP contribution in [0.2, 0.25) is 0 Å². The summed E-state index contributed by atoms with van der Waals surface area (Å²) in [5.74, 6) is -0.738. The van der Waals surface area contributed by atoms with Crippen LogP contribution in [0.3, 0.4) is 0 Å². The number of nitrogens with zero attached hydrogens (tertiary/aromatic N) is 3. The van der Waals surface area contributed by atoms with Gasteiger partial charge in [-0.3, -0.25) is 19.4 Å². The van der Waals surface area contributed by atoms with Crippen molar-refractivity contribution in [3.8, 4) is 5.75 Å². The first-order valence-electron chi connectivity index (χ1n) is 15.7. The molecule has 0 fully saturated rings. The van der Waals surface area contributed by atoms with Gasteiger partial charge in [-0.2, -0.15) is 0 Å². The molecule has 0 saturated heterocycles. The van der Waals surface area contributed by atoms with Gasteiger partial charge in [-0.05, 0) is 100 Å². The molecule has 3 aromatic rings. The monoisotopic (exact) mass is 656 g/mol. The van der Waals surface area contributed by atoms with E-state index in [1.807, 2.05) is 33.0 Å². The highest BCUT2D eigenvalue weighted by atomic mass is 32.2. The number of nitrogens with one attached hydrogen (secondary N) is 1. The minimum absolute atomic E-state index is 0.107. The Hall–Kier alpha value is -3.58. The lowest BCUT2D eigenvalue weighted by Gasteiger charge is -2.36. The molecule has 0 unspecified atom stereocenters. The van der Waals surface area contributed by atoms with E-state index in [0.29, 0.717) is 25.4 Å². The Balaban J connectivity index is 1.64. The molecule has 2 N–H and O–H groups in total. The fourth-order valence-corrected chi connectivity index (χ4v) is 6.50. The summed E-state index contributed by atoms with van der Waals surface area (Å²) in [6.07, 6.45) is 5.56. The fourth-order valence-electron chi connectivity index (χ4n) is 5.45. The zero-order valence-corrected chi connectivity index (χ0v) is 27.7. The number of aliphatic hydroxyl groups is 1. The largest absolute Gasteiger partial charge is 0.490 e. The highest BCUT2D eigenvalue weighted by Crippen LogP contribution is 2.29. The number of hydrogen-bond donors (Lipinski definition) is 2. The van der Waals surface area contributed by atoms with Gasteiger partial charge in [0, 0.05) is 50.2 Å². The number of benzene rings is 2. The van der Waals surface area contributed by atoms with Gasteiger partial charge in [-0.1, -0.05) is 6.92 Å². The Morgan fingerprint density at radius 2 is 1.83 bits per heavy atom. The quantitative estimate of drug-likeness (QED) is 0.332. The molecule has 0 spiro atoms. The van der Waals surface area contributed by atoms with E-state index >= 15 is 0 Å². The molecule has 0 bridgehead atoms. The van der Waals surface area contributed by atoms with Crippen molar-refractivity contribution < 1.29 is 32.2 Å². The first kappa shape index (κ1) is 35.3. The lowest BCUT2D eigenvalue weighted by molar-refractivity contribution is -0.0177. The average Bonchev–Trinajstić information content (AvgIpc) is 3.03. The molecule has 4 atom stereocenters. The van der Waals surface area contributed by atoms with Crippen molar-refractivity contribution in [3.63, 3.8) is 0 Å². The first-order valence-corrected chi connectivity index (χ1v) is 17.1. The first-order chi connectivity index (χ1) is 22.0. The molecule has 2 heterocycles. The lowest BCUT2D eigenvalue weighted by atomic mass is 10.0. The number of sulfonamides is 1. The van der Waals surface area contributed by atoms with Gasteiger partial charge in [-0.15, -0.1) is 0 Å². The number of amides is 1. The molecular formula is C34H45FN4O6S. The minimum Gasteiger partial charge on any atom is -0.490 e. The van der Waals surface area contributed by atoms with Crippen LogP contribution in [0.25, 0.3) is 0 Å². The molecule has 1 aliphatic heterocycles. The summed E-state index contributed by atoms with van der Waals surface area (Å²) >= 11 is 0. The summed E-state index contributed by atoms with van der Waals surface area (Å²) in [5.41, 5.74) is 1.45. The lowest BCUT2D eigenvalue weighted by Crippen LogP contribution is -2.47. The molecule has 46 heavy (non-hydrogen) atoms. The highest BCUT2D eigenvalue weighted by Gasteiger charge is 2.30. The molecule has 0 aliphatic carbocycles. The fraction of sp³-hybridized carbons (Fsp3) is 0.471. The Bertz CT molecular complexity index is 1530. The minimum atomic E-state index is -4.07. The smallest absolute Gasteiger partial charge is 0.261 e. The van der Waals surface area contributed by atoms with E-state index < -0.39 is 27.8 Å². The van der Waals surface area contributed by atoms with E-state index in [1.165, 1.54) is 24.3 Å². The van der Waals surface area contributed by atoms with Crippen molar-refractivity contribution >= 4 is 21.6 Å². The van der Waals surface area contributed by atoms with E-state index in [-0.39, 0.29) is 47.4 Å². The van der Waals surface area contributed by atoms with Gasteiger partial charge in [0.2, 0.25) is 0 Å². The van der Waals surface area contributed by atoms with Gasteiger partial charge in [0.05, 0.1) is 35.3 Å². The summed E-state index contributed by atoms with van der Waals surface area (Å²) < 4.78 is 54.8. The molecular weight excluding hydrogens is 611 g/mol. The predicted octanol–water partition coefficient (Wildman–Crippen LogP) is 4.95. The summed E-state index contributed by atoms with van der Waals surface area (Å²) in [6, 6.07) is 12.5. The SMILES string of the molecule is C[C@@H]1CN([C@H](C)CO)C(=O)c2cc(NS(=O)(=O)c3ccc(F)cc3)ccc2O[C@@H](C)CCCCO[C@H]1CN(C)Cc1ccncc1. The number of likely N-dealkylation sites (N-methyl/N-ethyl adjacent to an activating group) is 1. The van der Waals surface area contributed by atoms with E-state index in [4.69, 9.17) is 9.47 Å². The molecule has 4 rings (SSSR count). The van der Waals surface area contributed by atoms with Crippen molar-refractivity contribution in [2.24, 2.45) is 5.92 Å². The van der Waals surface area contributed by atoms with E-state index in [2.05, 4.69) is 14.6 Å². The molecule has 10 nitrogen and oxygen atoms in total. The van der Waals surface area contributed by atoms with Gasteiger partial charge in [0.25, 0.3) is 15.9 Å². The Labute approximate surface area is 271 Å². The maximum atomic E-state index is 14.3. The molecule has 1 amide bonds. The molecule has 1 aromatic heterocycles. The molecule has 12 heteroatoms. The van der Waals surface area contributed by atoms with Gasteiger partial charge in [-0.25, -0.2) is 12.8 Å². The Kier molecular flexibility index (Phi) is 12.5. The predicted molar refractivity (Wildman–Crippen MR) is 175 cm³/mol. The van der Waals surface area contributed by atoms with Crippen LogP contribution in [0.1, 0.15) is 56.0 Å². The van der Waals surface area contributed by atoms with E-state index in [0.717, 1.165) is 37.0 Å². The van der Waals surface area contributed by atoms with Crippen molar-refractivity contribution in [1.82, 2.24) is 14.8 Å². The number of aromatic nitrogens is 1. The zero-order chi connectivity index (χ0) is 33.3. The van der Waals surface area contributed by atoms with Crippen LogP contribution >= 0.6 is 0 Å². The number of anilines is 1. The second kappa shape index (κ2) is 16.3. The second-order valence-corrected chi connectivity index (χ2v) is 13.8. The normalized spacial score (nSPS) is 20.8. The number of fused-ring (bicyclic) bond motifs is 1. The molecule has 0 radical (unpaired) electrons. The third kappa shape index (κ3) is 9.71. The van der Waals surface area contributed by atoms with Crippen molar-refractivity contribution in [1.29, 1.82) is 0 Å². The number of ether oxygens (including phenoxy) is 2. The van der Waals surface area contributed by atoms with Crippen molar-refractivity contribution in [2.45, 2.75) is 69.7 Å². The number of carbonyl (C=O) groups is 1. The second-order valence-electron chi connectivity index (χ2n) is 12.1. The summed E-state index contributed by atoms with van der Waals surface area (Å²) in [7, 11) is -2.03. The molecule has 1 aliphatic rings. The van der Waals surface area contributed by atoms with Crippen LogP contribution in [0.15, 0.2) is 71.9 Å². The molecule has 2 aromatic carbocycles. The number of aliphatic hydroxyl groups excluding tert-OH is 1. The van der Waals surface area contributed by atoms with E-state index in [9.17, 15) is 22.7 Å². The number of pyridine rings is 1. The third-order valence-electron chi connectivity index (χ3n) is 8.12. The maximum Gasteiger partial charge on any atom is 0.261 e. The zero-order valence-electron chi connectivity index (χ0n) is 26.9. The number of carbonyl (C=O) groups excluding carboxylic acids is 1. The standard InChI is InChI=1S/C34H45FN4O6S/c1-24-20-39(25(2)23-40)34(41)31-19-29(37-46(42,43)30-11-8-28(35)9-12-30)10-13-32(31)45-26(3)7-5-6-18-44-33(24)22-38(4)21-27-14-16-36-17-15-27/h8-17,19,24-26,33,37,40H,5-7,18,20-23H2,1-4H3/t24-,25-,26+,33+/m1/s1. The highest BCUT2D eigenvalue weighted by molar-refractivity contribution is 7.92. The number of rotatable bonds is 9. The van der Waals surface area contributed by atoms with Crippen LogP contribution in [0.4, 0.5) is 10.1 Å². The van der Waals surface area contributed by atoms with Crippen molar-refractivity contribution in [3.05, 3.63) is 83.9 Å². The Morgan fingerprint density at radius 3 is 2.52 bits per heavy atom. The number of halogens is 1. The summed E-state index contributed by atoms with van der Waals surface area (Å²) in [6.45, 7) is 7.66. The number of hydrogen-bond acceptors (Lipinski definition) is 8. The summed E-state index contributed by atoms with van der Waals surface area (Å²) in [5, 5.41) is 10.2. The molecule has 250 valence electrons. The van der Waals surface area contributed by atoms with Gasteiger partial charge in [0.15, 0.2) is 0 Å². The van der Waals surface area contributed by atoms with E-state index in [1.54, 1.807) is 30.3 Å². The molecule has 0 saturated carbocycles. The van der Waals surface area contributed by atoms with Crippen molar-refractivity contribution in [2.75, 3.05) is 38.1 Å². The van der Waals surface area contributed by atoms with Crippen LogP contribution in [-0.4, -0.2) is 85.8 Å². The topological polar surface area (TPSA) is 121 Å². The third-order valence-corrected chi connectivity index (χ3v) is 9.52. The maximum absolute atomic E-state index is 14.3. The van der Waals surface area contributed by atoms with Gasteiger partial charge < -0.3 is 19.5 Å². The summed E-state index contributed by atoms with van der Waals surface area (Å²) in [4.78, 5) is 22.1.